The monoisotopic (exact) mass is 397 g/mol. The summed E-state index contributed by atoms with van der Waals surface area (Å²) >= 11 is 1.56. The largest absolute Gasteiger partial charge is 0.416 e. The third-order valence-corrected chi connectivity index (χ3v) is 6.69. The van der Waals surface area contributed by atoms with Crippen molar-refractivity contribution in [2.24, 2.45) is 0 Å². The van der Waals surface area contributed by atoms with E-state index in [-0.39, 0.29) is 16.9 Å². The van der Waals surface area contributed by atoms with Gasteiger partial charge >= 0.3 is 6.18 Å². The number of hydrogen-bond acceptors (Lipinski definition) is 3. The van der Waals surface area contributed by atoms with Crippen molar-refractivity contribution in [3.63, 3.8) is 0 Å². The second-order valence-electron chi connectivity index (χ2n) is 7.12. The van der Waals surface area contributed by atoms with E-state index in [2.05, 4.69) is 5.32 Å². The van der Waals surface area contributed by atoms with Crippen LogP contribution in [0.2, 0.25) is 0 Å². The van der Waals surface area contributed by atoms with Crippen LogP contribution in [0.25, 0.3) is 0 Å². The summed E-state index contributed by atoms with van der Waals surface area (Å²) < 4.78 is 38.0. The van der Waals surface area contributed by atoms with Crippen LogP contribution >= 0.6 is 11.3 Å². The predicted octanol–water partition coefficient (Wildman–Crippen LogP) is 5.06. The molecule has 1 aromatic heterocycles. The molecule has 3 nitrogen and oxygen atoms in total. The lowest BCUT2D eigenvalue weighted by atomic mass is 9.84. The van der Waals surface area contributed by atoms with Crippen molar-refractivity contribution in [2.75, 3.05) is 6.54 Å². The summed E-state index contributed by atoms with van der Waals surface area (Å²) in [5.74, 6) is -0.373. The van der Waals surface area contributed by atoms with Crippen LogP contribution in [0.4, 0.5) is 13.2 Å². The average Bonchev–Trinajstić information content (AvgIpc) is 3.29. The number of benzene rings is 1. The van der Waals surface area contributed by atoms with Crippen molar-refractivity contribution in [1.82, 2.24) is 5.32 Å². The van der Waals surface area contributed by atoms with Gasteiger partial charge in [-0.05, 0) is 56.2 Å². The molecule has 0 radical (unpaired) electrons. The number of aliphatic hydroxyl groups excluding tert-OH is 1. The standard InChI is InChI=1S/C20H22F3NO2S/c1-13(25)16-8-9-17(27-16)19(10-2-3-11-19)12-24-18(26)14-4-6-15(7-5-14)20(21,22)23/h4-9,13,25H,2-3,10-12H2,1H3,(H,24,26). The molecule has 1 heterocycles. The second kappa shape index (κ2) is 7.64. The molecule has 0 aliphatic heterocycles. The highest BCUT2D eigenvalue weighted by atomic mass is 32.1. The molecule has 1 saturated carbocycles. The normalized spacial score (nSPS) is 17.7. The van der Waals surface area contributed by atoms with Crippen LogP contribution in [0.15, 0.2) is 36.4 Å². The van der Waals surface area contributed by atoms with Crippen molar-refractivity contribution < 1.29 is 23.1 Å². The number of rotatable bonds is 5. The summed E-state index contributed by atoms with van der Waals surface area (Å²) in [5, 5.41) is 12.7. The van der Waals surface area contributed by atoms with E-state index in [1.54, 1.807) is 18.3 Å². The van der Waals surface area contributed by atoms with Crippen LogP contribution in [-0.4, -0.2) is 17.6 Å². The Bertz CT molecular complexity index is 790. The zero-order valence-electron chi connectivity index (χ0n) is 15.0. The van der Waals surface area contributed by atoms with Gasteiger partial charge in [-0.3, -0.25) is 4.79 Å². The molecule has 2 aromatic rings. The number of hydrogen-bond donors (Lipinski definition) is 2. The molecule has 1 amide bonds. The van der Waals surface area contributed by atoms with Crippen molar-refractivity contribution in [1.29, 1.82) is 0 Å². The molecule has 146 valence electrons. The molecule has 0 bridgehead atoms. The van der Waals surface area contributed by atoms with E-state index in [9.17, 15) is 23.1 Å². The highest BCUT2D eigenvalue weighted by Crippen LogP contribution is 2.44. The van der Waals surface area contributed by atoms with Gasteiger partial charge < -0.3 is 10.4 Å². The summed E-state index contributed by atoms with van der Waals surface area (Å²) in [5.41, 5.74) is -0.720. The fourth-order valence-corrected chi connectivity index (χ4v) is 4.78. The number of halogens is 3. The van der Waals surface area contributed by atoms with E-state index in [1.165, 1.54) is 12.1 Å². The van der Waals surface area contributed by atoms with Crippen LogP contribution < -0.4 is 5.32 Å². The summed E-state index contributed by atoms with van der Waals surface area (Å²) in [7, 11) is 0. The highest BCUT2D eigenvalue weighted by molar-refractivity contribution is 7.12. The first kappa shape index (κ1) is 19.9. The fourth-order valence-electron chi connectivity index (χ4n) is 3.59. The molecular weight excluding hydrogens is 375 g/mol. The predicted molar refractivity (Wildman–Crippen MR) is 98.9 cm³/mol. The van der Waals surface area contributed by atoms with Gasteiger partial charge in [0, 0.05) is 27.3 Å². The van der Waals surface area contributed by atoms with Crippen LogP contribution in [0.5, 0.6) is 0 Å². The number of thiophene rings is 1. The molecule has 7 heteroatoms. The van der Waals surface area contributed by atoms with E-state index in [1.807, 2.05) is 12.1 Å². The molecule has 1 unspecified atom stereocenters. The van der Waals surface area contributed by atoms with Crippen molar-refractivity contribution in [3.8, 4) is 0 Å². The van der Waals surface area contributed by atoms with Gasteiger partial charge in [0.2, 0.25) is 0 Å². The Morgan fingerprint density at radius 1 is 1.19 bits per heavy atom. The van der Waals surface area contributed by atoms with Crippen LogP contribution in [-0.2, 0) is 11.6 Å². The minimum absolute atomic E-state index is 0.167. The molecule has 2 N–H and O–H groups in total. The van der Waals surface area contributed by atoms with Crippen molar-refractivity contribution >= 4 is 17.2 Å². The van der Waals surface area contributed by atoms with E-state index in [4.69, 9.17) is 0 Å². The minimum Gasteiger partial charge on any atom is -0.388 e. The highest BCUT2D eigenvalue weighted by Gasteiger charge is 2.37. The maximum Gasteiger partial charge on any atom is 0.416 e. The number of alkyl halides is 3. The molecule has 1 atom stereocenters. The van der Waals surface area contributed by atoms with Crippen LogP contribution in [0.3, 0.4) is 0 Å². The van der Waals surface area contributed by atoms with Gasteiger partial charge in [0.1, 0.15) is 0 Å². The lowest BCUT2D eigenvalue weighted by molar-refractivity contribution is -0.137. The first-order valence-electron chi connectivity index (χ1n) is 8.95. The third-order valence-electron chi connectivity index (χ3n) is 5.18. The Morgan fingerprint density at radius 3 is 2.33 bits per heavy atom. The number of amides is 1. The first-order chi connectivity index (χ1) is 12.7. The maximum atomic E-state index is 12.7. The molecule has 0 spiro atoms. The van der Waals surface area contributed by atoms with Gasteiger partial charge in [0.25, 0.3) is 5.91 Å². The number of aliphatic hydroxyl groups is 1. The molecule has 27 heavy (non-hydrogen) atoms. The lowest BCUT2D eigenvalue weighted by Gasteiger charge is -2.28. The topological polar surface area (TPSA) is 49.3 Å². The fraction of sp³-hybridized carbons (Fsp3) is 0.450. The Kier molecular flexibility index (Phi) is 5.63. The molecule has 1 fully saturated rings. The van der Waals surface area contributed by atoms with Gasteiger partial charge in [-0.2, -0.15) is 13.2 Å². The SMILES string of the molecule is CC(O)c1ccc(C2(CNC(=O)c3ccc(C(F)(F)F)cc3)CCCC2)s1. The van der Waals surface area contributed by atoms with Crippen molar-refractivity contribution in [3.05, 3.63) is 57.3 Å². The average molecular weight is 397 g/mol. The lowest BCUT2D eigenvalue weighted by Crippen LogP contribution is -2.38. The molecule has 1 aliphatic rings. The maximum absolute atomic E-state index is 12.7. The van der Waals surface area contributed by atoms with E-state index in [0.717, 1.165) is 47.6 Å². The third kappa shape index (κ3) is 4.35. The number of nitrogens with one attached hydrogen (secondary N) is 1. The van der Waals surface area contributed by atoms with Gasteiger partial charge in [-0.25, -0.2) is 0 Å². The molecule has 1 aromatic carbocycles. The summed E-state index contributed by atoms with van der Waals surface area (Å²) in [6.45, 7) is 2.16. The Labute approximate surface area is 160 Å². The summed E-state index contributed by atoms with van der Waals surface area (Å²) in [6.07, 6.45) is -0.913. The van der Waals surface area contributed by atoms with Crippen LogP contribution in [0.1, 0.15) is 64.4 Å². The smallest absolute Gasteiger partial charge is 0.388 e. The van der Waals surface area contributed by atoms with Crippen LogP contribution in [0, 0.1) is 0 Å². The van der Waals surface area contributed by atoms with Crippen molar-refractivity contribution in [2.45, 2.75) is 50.3 Å². The molecule has 1 aliphatic carbocycles. The van der Waals surface area contributed by atoms with Gasteiger partial charge in [0.15, 0.2) is 0 Å². The summed E-state index contributed by atoms with van der Waals surface area (Å²) in [4.78, 5) is 14.5. The van der Waals surface area contributed by atoms with Gasteiger partial charge in [-0.15, -0.1) is 11.3 Å². The molecular formula is C20H22F3NO2S. The quantitative estimate of drug-likeness (QED) is 0.741. The van der Waals surface area contributed by atoms with E-state index in [0.29, 0.717) is 6.54 Å². The van der Waals surface area contributed by atoms with E-state index >= 15 is 0 Å². The number of carbonyl (C=O) groups is 1. The number of carbonyl (C=O) groups excluding carboxylic acids is 1. The zero-order chi connectivity index (χ0) is 19.7. The Balaban J connectivity index is 1.71. The molecule has 3 rings (SSSR count). The van der Waals surface area contributed by atoms with Gasteiger partial charge in [-0.1, -0.05) is 12.8 Å². The molecule has 0 saturated heterocycles. The summed E-state index contributed by atoms with van der Waals surface area (Å²) in [6, 6.07) is 8.19. The second-order valence-corrected chi connectivity index (χ2v) is 8.24. The Morgan fingerprint density at radius 2 is 1.81 bits per heavy atom. The first-order valence-corrected chi connectivity index (χ1v) is 9.77. The zero-order valence-corrected chi connectivity index (χ0v) is 15.8. The Hall–Kier alpha value is -1.86. The van der Waals surface area contributed by atoms with E-state index < -0.39 is 17.8 Å². The van der Waals surface area contributed by atoms with Gasteiger partial charge in [0.05, 0.1) is 11.7 Å². The minimum atomic E-state index is -4.41.